The van der Waals surface area contributed by atoms with E-state index in [1.165, 1.54) is 25.3 Å². The van der Waals surface area contributed by atoms with Crippen molar-refractivity contribution < 1.29 is 13.6 Å². The number of nitrogens with zero attached hydrogens (tertiary/aromatic N) is 1. The topological polar surface area (TPSA) is 44.4 Å². The van der Waals surface area contributed by atoms with Gasteiger partial charge >= 0.3 is 0 Å². The van der Waals surface area contributed by atoms with E-state index in [0.717, 1.165) is 30.9 Å². The number of rotatable bonds is 5. The van der Waals surface area contributed by atoms with Crippen LogP contribution in [0, 0.1) is 11.6 Å². The van der Waals surface area contributed by atoms with E-state index in [-0.39, 0.29) is 18.1 Å². The Kier molecular flexibility index (Phi) is 5.48. The maximum absolute atomic E-state index is 13.5. The minimum absolute atomic E-state index is 0.217. The summed E-state index contributed by atoms with van der Waals surface area (Å²) in [7, 11) is 0. The van der Waals surface area contributed by atoms with Crippen LogP contribution in [0.25, 0.3) is 0 Å². The van der Waals surface area contributed by atoms with Crippen LogP contribution < -0.4 is 15.5 Å². The fourth-order valence-corrected chi connectivity index (χ4v) is 2.95. The molecule has 0 radical (unpaired) electrons. The van der Waals surface area contributed by atoms with Crippen molar-refractivity contribution in [2.24, 2.45) is 0 Å². The lowest BCUT2D eigenvalue weighted by molar-refractivity contribution is -0.114. The number of halogens is 2. The van der Waals surface area contributed by atoms with Crippen molar-refractivity contribution in [3.8, 4) is 0 Å². The molecule has 1 amide bonds. The molecule has 0 aromatic heterocycles. The first-order chi connectivity index (χ1) is 12.1. The number of hydrogen-bond acceptors (Lipinski definition) is 3. The zero-order valence-electron chi connectivity index (χ0n) is 13.9. The van der Waals surface area contributed by atoms with Gasteiger partial charge in [-0.3, -0.25) is 4.79 Å². The number of para-hydroxylation sites is 1. The monoisotopic (exact) mass is 345 g/mol. The van der Waals surface area contributed by atoms with Crippen molar-refractivity contribution >= 4 is 23.0 Å². The fraction of sp³-hybridized carbons (Fsp3) is 0.316. The molecule has 0 aliphatic carbocycles. The number of anilines is 3. The molecule has 2 aromatic rings. The normalized spacial score (nSPS) is 14.2. The van der Waals surface area contributed by atoms with E-state index in [0.29, 0.717) is 5.69 Å². The van der Waals surface area contributed by atoms with Gasteiger partial charge in [0.25, 0.3) is 0 Å². The van der Waals surface area contributed by atoms with Crippen LogP contribution >= 0.6 is 0 Å². The van der Waals surface area contributed by atoms with Gasteiger partial charge in [-0.1, -0.05) is 6.07 Å². The average molecular weight is 345 g/mol. The molecule has 0 saturated carbocycles. The molecule has 0 atom stereocenters. The summed E-state index contributed by atoms with van der Waals surface area (Å²) < 4.78 is 27.0. The molecule has 1 heterocycles. The summed E-state index contributed by atoms with van der Waals surface area (Å²) in [5.41, 5.74) is 1.50. The summed E-state index contributed by atoms with van der Waals surface area (Å²) in [6.45, 7) is 1.90. The number of amides is 1. The smallest absolute Gasteiger partial charge is 0.243 e. The van der Waals surface area contributed by atoms with Crippen LogP contribution in [0.2, 0.25) is 0 Å². The zero-order chi connectivity index (χ0) is 17.6. The minimum Gasteiger partial charge on any atom is -0.372 e. The molecule has 1 fully saturated rings. The first kappa shape index (κ1) is 17.2. The van der Waals surface area contributed by atoms with E-state index in [4.69, 9.17) is 0 Å². The Morgan fingerprint density at radius 2 is 1.60 bits per heavy atom. The van der Waals surface area contributed by atoms with Gasteiger partial charge in [0.2, 0.25) is 5.91 Å². The van der Waals surface area contributed by atoms with E-state index in [9.17, 15) is 13.6 Å². The molecule has 2 aromatic carbocycles. The first-order valence-electron chi connectivity index (χ1n) is 8.46. The third-order valence-electron chi connectivity index (χ3n) is 4.26. The zero-order valence-corrected chi connectivity index (χ0v) is 13.9. The van der Waals surface area contributed by atoms with Gasteiger partial charge in [-0.05, 0) is 55.7 Å². The van der Waals surface area contributed by atoms with E-state index < -0.39 is 11.6 Å². The van der Waals surface area contributed by atoms with Gasteiger partial charge in [-0.25, -0.2) is 8.78 Å². The molecule has 2 N–H and O–H groups in total. The van der Waals surface area contributed by atoms with Crippen molar-refractivity contribution in [3.05, 3.63) is 54.1 Å². The van der Waals surface area contributed by atoms with Crippen molar-refractivity contribution in [3.63, 3.8) is 0 Å². The largest absolute Gasteiger partial charge is 0.372 e. The van der Waals surface area contributed by atoms with Gasteiger partial charge in [-0.15, -0.1) is 0 Å². The summed E-state index contributed by atoms with van der Waals surface area (Å²) in [5, 5.41) is 5.21. The lowest BCUT2D eigenvalue weighted by Crippen LogP contribution is -2.29. The highest BCUT2D eigenvalue weighted by atomic mass is 19.1. The van der Waals surface area contributed by atoms with E-state index in [2.05, 4.69) is 15.5 Å². The molecule has 6 heteroatoms. The second kappa shape index (κ2) is 7.96. The van der Waals surface area contributed by atoms with Gasteiger partial charge in [0, 0.05) is 24.5 Å². The highest BCUT2D eigenvalue weighted by Crippen LogP contribution is 2.22. The Balaban J connectivity index is 1.54. The molecule has 1 saturated heterocycles. The van der Waals surface area contributed by atoms with Gasteiger partial charge in [0.1, 0.15) is 17.3 Å². The second-order valence-electron chi connectivity index (χ2n) is 6.09. The number of piperidine rings is 1. The molecule has 4 nitrogen and oxygen atoms in total. The molecule has 0 bridgehead atoms. The highest BCUT2D eigenvalue weighted by molar-refractivity contribution is 5.93. The minimum atomic E-state index is -0.723. The van der Waals surface area contributed by atoms with Crippen LogP contribution in [0.15, 0.2) is 42.5 Å². The number of benzene rings is 2. The first-order valence-corrected chi connectivity index (χ1v) is 8.46. The summed E-state index contributed by atoms with van der Waals surface area (Å²) in [6, 6.07) is 11.2. The van der Waals surface area contributed by atoms with Gasteiger partial charge < -0.3 is 15.5 Å². The molecule has 0 unspecified atom stereocenters. The Labute approximate surface area is 145 Å². The van der Waals surface area contributed by atoms with Crippen LogP contribution in [-0.4, -0.2) is 25.5 Å². The molecular weight excluding hydrogens is 324 g/mol. The van der Waals surface area contributed by atoms with E-state index in [1.807, 2.05) is 24.3 Å². The van der Waals surface area contributed by atoms with Crippen LogP contribution in [0.5, 0.6) is 0 Å². The Bertz CT molecular complexity index is 708. The van der Waals surface area contributed by atoms with E-state index >= 15 is 0 Å². The number of hydrogen-bond donors (Lipinski definition) is 2. The summed E-state index contributed by atoms with van der Waals surface area (Å²) in [4.78, 5) is 14.3. The molecule has 1 aliphatic heterocycles. The molecule has 25 heavy (non-hydrogen) atoms. The maximum Gasteiger partial charge on any atom is 0.243 e. The third-order valence-corrected chi connectivity index (χ3v) is 4.26. The molecule has 0 spiro atoms. The lowest BCUT2D eigenvalue weighted by atomic mass is 10.1. The fourth-order valence-electron chi connectivity index (χ4n) is 2.95. The van der Waals surface area contributed by atoms with Gasteiger partial charge in [0.15, 0.2) is 0 Å². The van der Waals surface area contributed by atoms with Crippen molar-refractivity contribution in [2.45, 2.75) is 19.3 Å². The standard InChI is InChI=1S/C19H21F2N3O/c20-16-5-4-6-17(21)19(16)22-13-18(25)23-14-7-9-15(10-8-14)24-11-2-1-3-12-24/h4-10,22H,1-3,11-13H2,(H,23,25). The number of carbonyl (C=O) groups excluding carboxylic acids is 1. The third kappa shape index (κ3) is 4.47. The van der Waals surface area contributed by atoms with Crippen LogP contribution in [-0.2, 0) is 4.79 Å². The second-order valence-corrected chi connectivity index (χ2v) is 6.09. The van der Waals surface area contributed by atoms with Gasteiger partial charge in [0.05, 0.1) is 6.54 Å². The highest BCUT2D eigenvalue weighted by Gasteiger charge is 2.12. The van der Waals surface area contributed by atoms with Crippen LogP contribution in [0.1, 0.15) is 19.3 Å². The predicted octanol–water partition coefficient (Wildman–Crippen LogP) is 4.01. The predicted molar refractivity (Wildman–Crippen MR) is 96.0 cm³/mol. The molecule has 1 aliphatic rings. The van der Waals surface area contributed by atoms with Crippen LogP contribution in [0.3, 0.4) is 0 Å². The molecule has 3 rings (SSSR count). The summed E-state index contributed by atoms with van der Waals surface area (Å²) in [5.74, 6) is -1.81. The number of nitrogens with one attached hydrogen (secondary N) is 2. The summed E-state index contributed by atoms with van der Waals surface area (Å²) >= 11 is 0. The molecular formula is C19H21F2N3O. The van der Waals surface area contributed by atoms with Crippen molar-refractivity contribution in [1.29, 1.82) is 0 Å². The SMILES string of the molecule is O=C(CNc1c(F)cccc1F)Nc1ccc(N2CCCCC2)cc1. The van der Waals surface area contributed by atoms with Crippen molar-refractivity contribution in [2.75, 3.05) is 35.2 Å². The maximum atomic E-state index is 13.5. The molecule has 132 valence electrons. The van der Waals surface area contributed by atoms with Crippen LogP contribution in [0.4, 0.5) is 25.8 Å². The Morgan fingerprint density at radius 1 is 0.960 bits per heavy atom. The Hall–Kier alpha value is -2.63. The van der Waals surface area contributed by atoms with Crippen molar-refractivity contribution in [1.82, 2.24) is 0 Å². The number of carbonyl (C=O) groups is 1. The quantitative estimate of drug-likeness (QED) is 0.861. The average Bonchev–Trinajstić information content (AvgIpc) is 2.63. The van der Waals surface area contributed by atoms with Gasteiger partial charge in [-0.2, -0.15) is 0 Å². The lowest BCUT2D eigenvalue weighted by Gasteiger charge is -2.28. The van der Waals surface area contributed by atoms with E-state index in [1.54, 1.807) is 0 Å². The Morgan fingerprint density at radius 3 is 2.24 bits per heavy atom. The summed E-state index contributed by atoms with van der Waals surface area (Å²) in [6.07, 6.45) is 3.69.